The molecule has 1 spiro atoms. The summed E-state index contributed by atoms with van der Waals surface area (Å²) in [6.07, 6.45) is 10.1. The summed E-state index contributed by atoms with van der Waals surface area (Å²) in [6.45, 7) is 1.58. The highest BCUT2D eigenvalue weighted by Crippen LogP contribution is 2.43. The number of rotatable bonds is 1. The zero-order valence-corrected chi connectivity index (χ0v) is 15.8. The first-order chi connectivity index (χ1) is 13.3. The fraction of sp³-hybridized carbons (Fsp3) is 0.500. The van der Waals surface area contributed by atoms with E-state index >= 15 is 0 Å². The van der Waals surface area contributed by atoms with E-state index in [0.29, 0.717) is 6.04 Å². The third-order valence-electron chi connectivity index (χ3n) is 6.61. The molecule has 5 heteroatoms. The average molecular weight is 364 g/mol. The van der Waals surface area contributed by atoms with Gasteiger partial charge >= 0.3 is 6.03 Å². The van der Waals surface area contributed by atoms with Crippen molar-refractivity contribution in [3.8, 4) is 5.69 Å². The Morgan fingerprint density at radius 1 is 1.04 bits per heavy atom. The minimum Gasteiger partial charge on any atom is -0.372 e. The Bertz CT molecular complexity index is 828. The van der Waals surface area contributed by atoms with Crippen LogP contribution in [-0.2, 0) is 5.54 Å². The Kier molecular flexibility index (Phi) is 4.10. The van der Waals surface area contributed by atoms with E-state index in [-0.39, 0.29) is 11.6 Å². The maximum Gasteiger partial charge on any atom is 0.317 e. The highest BCUT2D eigenvalue weighted by atomic mass is 16.2. The van der Waals surface area contributed by atoms with Gasteiger partial charge in [-0.3, -0.25) is 0 Å². The Morgan fingerprint density at radius 3 is 2.63 bits per heavy atom. The second-order valence-electron chi connectivity index (χ2n) is 8.26. The van der Waals surface area contributed by atoms with Gasteiger partial charge in [0.15, 0.2) is 0 Å². The molecule has 3 aliphatic rings. The van der Waals surface area contributed by atoms with Crippen molar-refractivity contribution >= 4 is 11.7 Å². The van der Waals surface area contributed by atoms with Gasteiger partial charge in [-0.15, -0.1) is 0 Å². The molecule has 2 aliphatic heterocycles. The number of para-hydroxylation sites is 2. The SMILES string of the molecule is O=C(NC1CCCCC1)N1CCC2(CC1)Nc1ccccc1-n1cccc12. The summed E-state index contributed by atoms with van der Waals surface area (Å²) in [7, 11) is 0. The first-order valence-corrected chi connectivity index (χ1v) is 10.4. The lowest BCUT2D eigenvalue weighted by Gasteiger charge is -2.46. The summed E-state index contributed by atoms with van der Waals surface area (Å²) < 4.78 is 2.31. The van der Waals surface area contributed by atoms with Gasteiger partial charge < -0.3 is 20.1 Å². The maximum atomic E-state index is 12.7. The summed E-state index contributed by atoms with van der Waals surface area (Å²) in [5, 5.41) is 7.09. The van der Waals surface area contributed by atoms with Gasteiger partial charge in [-0.05, 0) is 49.9 Å². The number of benzene rings is 1. The largest absolute Gasteiger partial charge is 0.372 e. The Morgan fingerprint density at radius 2 is 1.81 bits per heavy atom. The van der Waals surface area contributed by atoms with Gasteiger partial charge in [0.25, 0.3) is 0 Å². The number of likely N-dealkylation sites (tertiary alicyclic amines) is 1. The van der Waals surface area contributed by atoms with Crippen LogP contribution in [0.1, 0.15) is 50.6 Å². The van der Waals surface area contributed by atoms with E-state index in [1.165, 1.54) is 36.3 Å². The fourth-order valence-corrected chi connectivity index (χ4v) is 5.08. The summed E-state index contributed by atoms with van der Waals surface area (Å²) in [4.78, 5) is 14.7. The molecule has 1 aromatic carbocycles. The summed E-state index contributed by atoms with van der Waals surface area (Å²) in [5.41, 5.74) is 3.62. The van der Waals surface area contributed by atoms with E-state index in [4.69, 9.17) is 0 Å². The lowest BCUT2D eigenvalue weighted by molar-refractivity contribution is 0.157. The van der Waals surface area contributed by atoms with E-state index in [1.807, 2.05) is 4.90 Å². The van der Waals surface area contributed by atoms with Gasteiger partial charge in [-0.1, -0.05) is 31.4 Å². The minimum atomic E-state index is -0.0839. The molecule has 5 rings (SSSR count). The van der Waals surface area contributed by atoms with Crippen LogP contribution in [0.4, 0.5) is 10.5 Å². The summed E-state index contributed by atoms with van der Waals surface area (Å²) in [5.74, 6) is 0. The number of anilines is 1. The molecule has 5 nitrogen and oxygen atoms in total. The Balaban J connectivity index is 1.31. The van der Waals surface area contributed by atoms with E-state index in [1.54, 1.807) is 0 Å². The van der Waals surface area contributed by atoms with Gasteiger partial charge in [0.05, 0.1) is 16.9 Å². The second kappa shape index (κ2) is 6.63. The summed E-state index contributed by atoms with van der Waals surface area (Å²) >= 11 is 0. The lowest BCUT2D eigenvalue weighted by Crippen LogP contribution is -2.54. The number of piperidine rings is 1. The highest BCUT2D eigenvalue weighted by Gasteiger charge is 2.42. The van der Waals surface area contributed by atoms with Crippen molar-refractivity contribution in [3.63, 3.8) is 0 Å². The van der Waals surface area contributed by atoms with E-state index in [9.17, 15) is 4.79 Å². The number of aromatic nitrogens is 1. The van der Waals surface area contributed by atoms with E-state index < -0.39 is 0 Å². The van der Waals surface area contributed by atoms with Crippen LogP contribution in [0.5, 0.6) is 0 Å². The Labute approximate surface area is 160 Å². The molecular formula is C22H28N4O. The number of nitrogens with one attached hydrogen (secondary N) is 2. The molecule has 142 valence electrons. The minimum absolute atomic E-state index is 0.0839. The molecule has 2 N–H and O–H groups in total. The van der Waals surface area contributed by atoms with Crippen LogP contribution >= 0.6 is 0 Å². The van der Waals surface area contributed by atoms with Crippen LogP contribution in [-0.4, -0.2) is 34.6 Å². The van der Waals surface area contributed by atoms with Crippen LogP contribution in [0.2, 0.25) is 0 Å². The third kappa shape index (κ3) is 2.89. The molecule has 27 heavy (non-hydrogen) atoms. The molecule has 2 fully saturated rings. The topological polar surface area (TPSA) is 49.3 Å². The number of carbonyl (C=O) groups excluding carboxylic acids is 1. The van der Waals surface area contributed by atoms with Crippen molar-refractivity contribution in [2.45, 2.75) is 56.5 Å². The monoisotopic (exact) mass is 364 g/mol. The van der Waals surface area contributed by atoms with Gasteiger partial charge in [0.2, 0.25) is 0 Å². The molecule has 0 radical (unpaired) electrons. The molecular weight excluding hydrogens is 336 g/mol. The number of amides is 2. The van der Waals surface area contributed by atoms with Gasteiger partial charge in [-0.25, -0.2) is 4.79 Å². The van der Waals surface area contributed by atoms with Crippen molar-refractivity contribution in [1.82, 2.24) is 14.8 Å². The molecule has 2 aromatic rings. The van der Waals surface area contributed by atoms with Crippen LogP contribution in [0.15, 0.2) is 42.6 Å². The maximum absolute atomic E-state index is 12.7. The molecule has 0 atom stereocenters. The summed E-state index contributed by atoms with van der Waals surface area (Å²) in [6, 6.07) is 13.3. The Hall–Kier alpha value is -2.43. The van der Waals surface area contributed by atoms with Gasteiger partial charge in [-0.2, -0.15) is 0 Å². The third-order valence-corrected chi connectivity index (χ3v) is 6.61. The van der Waals surface area contributed by atoms with Crippen molar-refractivity contribution < 1.29 is 4.79 Å². The second-order valence-corrected chi connectivity index (χ2v) is 8.26. The number of urea groups is 1. The van der Waals surface area contributed by atoms with Crippen molar-refractivity contribution in [1.29, 1.82) is 0 Å². The molecule has 0 unspecified atom stereocenters. The number of nitrogens with zero attached hydrogens (tertiary/aromatic N) is 2. The lowest BCUT2D eigenvalue weighted by atomic mass is 9.82. The normalized spacial score (nSPS) is 21.3. The first kappa shape index (κ1) is 16.7. The number of hydrogen-bond donors (Lipinski definition) is 2. The van der Waals surface area contributed by atoms with Crippen LogP contribution in [0.25, 0.3) is 5.69 Å². The van der Waals surface area contributed by atoms with Crippen molar-refractivity contribution in [3.05, 3.63) is 48.3 Å². The number of carbonyl (C=O) groups is 1. The number of hydrogen-bond acceptors (Lipinski definition) is 2. The first-order valence-electron chi connectivity index (χ1n) is 10.4. The molecule has 1 aromatic heterocycles. The molecule has 1 aliphatic carbocycles. The molecule has 2 amide bonds. The molecule has 0 bridgehead atoms. The van der Waals surface area contributed by atoms with Crippen molar-refractivity contribution in [2.24, 2.45) is 0 Å². The molecule has 1 saturated carbocycles. The zero-order chi connectivity index (χ0) is 18.3. The standard InChI is InChI=1S/C22H28N4O/c27-21(23-17-7-2-1-3-8-17)25-15-12-22(13-16-25)20-11-6-14-26(20)19-10-5-4-9-18(19)24-22/h4-6,9-11,14,17,24H,1-3,7-8,12-13,15-16H2,(H,23,27). The highest BCUT2D eigenvalue weighted by molar-refractivity contribution is 5.75. The predicted octanol–water partition coefficient (Wildman–Crippen LogP) is 4.24. The van der Waals surface area contributed by atoms with Gasteiger partial charge in [0, 0.05) is 31.0 Å². The predicted molar refractivity (Wildman–Crippen MR) is 107 cm³/mol. The van der Waals surface area contributed by atoms with Crippen molar-refractivity contribution in [2.75, 3.05) is 18.4 Å². The van der Waals surface area contributed by atoms with Crippen LogP contribution < -0.4 is 10.6 Å². The van der Waals surface area contributed by atoms with Crippen LogP contribution in [0.3, 0.4) is 0 Å². The van der Waals surface area contributed by atoms with E-state index in [0.717, 1.165) is 38.8 Å². The quantitative estimate of drug-likeness (QED) is 0.795. The van der Waals surface area contributed by atoms with Crippen LogP contribution in [0, 0.1) is 0 Å². The smallest absolute Gasteiger partial charge is 0.317 e. The molecule has 3 heterocycles. The average Bonchev–Trinajstić information content (AvgIpc) is 3.21. The van der Waals surface area contributed by atoms with Gasteiger partial charge in [0.1, 0.15) is 0 Å². The number of fused-ring (bicyclic) bond motifs is 4. The zero-order valence-electron chi connectivity index (χ0n) is 15.8. The molecule has 1 saturated heterocycles. The van der Waals surface area contributed by atoms with E-state index in [2.05, 4.69) is 57.8 Å². The fourth-order valence-electron chi connectivity index (χ4n) is 5.08.